The average molecular weight is 381 g/mol. The van der Waals surface area contributed by atoms with Crippen molar-refractivity contribution in [1.29, 1.82) is 0 Å². The minimum atomic E-state index is -4.42. The highest BCUT2D eigenvalue weighted by atomic mass is 32.2. The number of ether oxygens (including phenoxy) is 2. The molecular weight excluding hydrogens is 359 g/mol. The molecule has 0 aromatic heterocycles. The summed E-state index contributed by atoms with van der Waals surface area (Å²) in [6, 6.07) is 4.78. The second kappa shape index (κ2) is 8.27. The highest BCUT2D eigenvalue weighted by Gasteiger charge is 2.29. The maximum Gasteiger partial charge on any atom is 0.422 e. The summed E-state index contributed by atoms with van der Waals surface area (Å²) < 4.78 is 70.5. The number of rotatable bonds is 6. The van der Waals surface area contributed by atoms with Crippen molar-refractivity contribution >= 4 is 9.84 Å². The van der Waals surface area contributed by atoms with Gasteiger partial charge in [-0.05, 0) is 37.6 Å². The van der Waals surface area contributed by atoms with E-state index in [-0.39, 0.29) is 23.0 Å². The number of sulfone groups is 1. The van der Waals surface area contributed by atoms with Crippen LogP contribution < -0.4 is 9.47 Å². The van der Waals surface area contributed by atoms with Crippen molar-refractivity contribution in [1.82, 2.24) is 4.90 Å². The zero-order valence-corrected chi connectivity index (χ0v) is 14.8. The predicted octanol–water partition coefficient (Wildman–Crippen LogP) is 2.65. The van der Waals surface area contributed by atoms with Crippen LogP contribution in [0.25, 0.3) is 0 Å². The van der Waals surface area contributed by atoms with Gasteiger partial charge in [-0.2, -0.15) is 13.2 Å². The van der Waals surface area contributed by atoms with Crippen LogP contribution in [0.5, 0.6) is 11.5 Å². The Morgan fingerprint density at radius 3 is 2.56 bits per heavy atom. The van der Waals surface area contributed by atoms with Crippen molar-refractivity contribution in [2.24, 2.45) is 0 Å². The van der Waals surface area contributed by atoms with E-state index in [1.54, 1.807) is 19.1 Å². The molecule has 2 rings (SSSR count). The Bertz CT molecular complexity index is 676. The summed E-state index contributed by atoms with van der Waals surface area (Å²) in [6.45, 7) is 2.27. The molecular formula is C16H22F3NO4S. The standard InChI is InChI=1S/C16H22F3NO4S/c1-2-23-15-10-13(4-5-14(15)24-12-16(17,18)19)11-20-6-3-8-25(21,22)9-7-20/h4-5,10H,2-3,6-9,11-12H2,1H3. The van der Waals surface area contributed by atoms with Crippen LogP contribution >= 0.6 is 0 Å². The Morgan fingerprint density at radius 2 is 1.88 bits per heavy atom. The predicted molar refractivity (Wildman–Crippen MR) is 87.7 cm³/mol. The molecule has 1 aliphatic heterocycles. The van der Waals surface area contributed by atoms with Gasteiger partial charge in [-0.1, -0.05) is 6.07 Å². The quantitative estimate of drug-likeness (QED) is 0.758. The fraction of sp³-hybridized carbons (Fsp3) is 0.625. The van der Waals surface area contributed by atoms with Gasteiger partial charge < -0.3 is 9.47 Å². The molecule has 0 radical (unpaired) electrons. The lowest BCUT2D eigenvalue weighted by Gasteiger charge is -2.20. The van der Waals surface area contributed by atoms with Gasteiger partial charge in [-0.25, -0.2) is 8.42 Å². The van der Waals surface area contributed by atoms with E-state index in [0.29, 0.717) is 32.7 Å². The molecule has 1 fully saturated rings. The molecule has 5 nitrogen and oxygen atoms in total. The summed E-state index contributed by atoms with van der Waals surface area (Å²) in [7, 11) is -2.98. The molecule has 0 unspecified atom stereocenters. The summed E-state index contributed by atoms with van der Waals surface area (Å²) >= 11 is 0. The lowest BCUT2D eigenvalue weighted by molar-refractivity contribution is -0.153. The van der Waals surface area contributed by atoms with Crippen molar-refractivity contribution in [2.45, 2.75) is 26.1 Å². The van der Waals surface area contributed by atoms with Gasteiger partial charge in [-0.15, -0.1) is 0 Å². The molecule has 0 saturated carbocycles. The van der Waals surface area contributed by atoms with Crippen molar-refractivity contribution < 1.29 is 31.1 Å². The fourth-order valence-electron chi connectivity index (χ4n) is 2.60. The van der Waals surface area contributed by atoms with E-state index in [2.05, 4.69) is 0 Å². The number of hydrogen-bond donors (Lipinski definition) is 0. The molecule has 1 aromatic carbocycles. The summed E-state index contributed by atoms with van der Waals surface area (Å²) in [6.07, 6.45) is -3.84. The first-order chi connectivity index (χ1) is 11.7. The fourth-order valence-corrected chi connectivity index (χ4v) is 3.91. The lowest BCUT2D eigenvalue weighted by Crippen LogP contribution is -2.26. The summed E-state index contributed by atoms with van der Waals surface area (Å²) in [5.41, 5.74) is 0.835. The Morgan fingerprint density at radius 1 is 1.12 bits per heavy atom. The second-order valence-electron chi connectivity index (χ2n) is 5.90. The zero-order chi connectivity index (χ0) is 18.5. The topological polar surface area (TPSA) is 55.8 Å². The zero-order valence-electron chi connectivity index (χ0n) is 14.0. The molecule has 0 bridgehead atoms. The third-order valence-electron chi connectivity index (χ3n) is 3.75. The van der Waals surface area contributed by atoms with Gasteiger partial charge in [0.25, 0.3) is 0 Å². The lowest BCUT2D eigenvalue weighted by atomic mass is 10.2. The number of hydrogen-bond acceptors (Lipinski definition) is 5. The van der Waals surface area contributed by atoms with Crippen molar-refractivity contribution in [3.05, 3.63) is 23.8 Å². The highest BCUT2D eigenvalue weighted by molar-refractivity contribution is 7.91. The molecule has 0 aliphatic carbocycles. The Kier molecular flexibility index (Phi) is 6.56. The first kappa shape index (κ1) is 19.8. The number of benzene rings is 1. The first-order valence-corrected chi connectivity index (χ1v) is 9.89. The highest BCUT2D eigenvalue weighted by Crippen LogP contribution is 2.30. The third kappa shape index (κ3) is 6.74. The molecule has 0 amide bonds. The largest absolute Gasteiger partial charge is 0.490 e. The Balaban J connectivity index is 2.07. The first-order valence-electron chi connectivity index (χ1n) is 8.06. The Hall–Kier alpha value is -1.48. The van der Waals surface area contributed by atoms with Crippen LogP contribution in [0.1, 0.15) is 18.9 Å². The summed E-state index contributed by atoms with van der Waals surface area (Å²) in [5.74, 6) is 0.615. The Labute approximate surface area is 145 Å². The van der Waals surface area contributed by atoms with Gasteiger partial charge in [0.15, 0.2) is 27.9 Å². The van der Waals surface area contributed by atoms with Crippen LogP contribution in [0, 0.1) is 0 Å². The molecule has 0 atom stereocenters. The normalized spacial score (nSPS) is 18.6. The van der Waals surface area contributed by atoms with E-state index in [1.807, 2.05) is 4.90 Å². The molecule has 25 heavy (non-hydrogen) atoms. The van der Waals surface area contributed by atoms with Crippen molar-refractivity contribution in [3.63, 3.8) is 0 Å². The summed E-state index contributed by atoms with van der Waals surface area (Å²) in [5, 5.41) is 0. The second-order valence-corrected chi connectivity index (χ2v) is 8.20. The van der Waals surface area contributed by atoms with Gasteiger partial charge in [0.2, 0.25) is 0 Å². The van der Waals surface area contributed by atoms with E-state index in [4.69, 9.17) is 9.47 Å². The third-order valence-corrected chi connectivity index (χ3v) is 5.47. The maximum atomic E-state index is 12.3. The van der Waals surface area contributed by atoms with Gasteiger partial charge >= 0.3 is 6.18 Å². The number of nitrogens with zero attached hydrogens (tertiary/aromatic N) is 1. The van der Waals surface area contributed by atoms with Gasteiger partial charge in [-0.3, -0.25) is 4.90 Å². The monoisotopic (exact) mass is 381 g/mol. The smallest absolute Gasteiger partial charge is 0.422 e. The summed E-state index contributed by atoms with van der Waals surface area (Å²) in [4.78, 5) is 2.02. The molecule has 0 N–H and O–H groups in total. The van der Waals surface area contributed by atoms with E-state index in [1.165, 1.54) is 6.07 Å². The molecule has 142 valence electrons. The molecule has 1 aliphatic rings. The van der Waals surface area contributed by atoms with Crippen molar-refractivity contribution in [2.75, 3.05) is 37.8 Å². The molecule has 9 heteroatoms. The van der Waals surface area contributed by atoms with Crippen LogP contribution in [0.3, 0.4) is 0 Å². The van der Waals surface area contributed by atoms with E-state index in [9.17, 15) is 21.6 Å². The minimum Gasteiger partial charge on any atom is -0.490 e. The van der Waals surface area contributed by atoms with E-state index in [0.717, 1.165) is 5.56 Å². The minimum absolute atomic E-state index is 0.0429. The molecule has 1 aromatic rings. The number of alkyl halides is 3. The van der Waals surface area contributed by atoms with Gasteiger partial charge in [0.05, 0.1) is 18.1 Å². The SMILES string of the molecule is CCOc1cc(CN2CCCS(=O)(=O)CC2)ccc1OCC(F)(F)F. The average Bonchev–Trinajstić information content (AvgIpc) is 2.67. The maximum absolute atomic E-state index is 12.3. The van der Waals surface area contributed by atoms with Crippen LogP contribution in [-0.2, 0) is 16.4 Å². The van der Waals surface area contributed by atoms with Gasteiger partial charge in [0, 0.05) is 13.1 Å². The van der Waals surface area contributed by atoms with Crippen LogP contribution in [0.2, 0.25) is 0 Å². The van der Waals surface area contributed by atoms with E-state index >= 15 is 0 Å². The number of halogens is 3. The van der Waals surface area contributed by atoms with E-state index < -0.39 is 22.6 Å². The molecule has 1 saturated heterocycles. The van der Waals surface area contributed by atoms with Crippen LogP contribution in [-0.4, -0.2) is 57.3 Å². The van der Waals surface area contributed by atoms with Crippen LogP contribution in [0.4, 0.5) is 13.2 Å². The molecule has 0 spiro atoms. The van der Waals surface area contributed by atoms with Gasteiger partial charge in [0.1, 0.15) is 0 Å². The molecule has 1 heterocycles. The van der Waals surface area contributed by atoms with Crippen LogP contribution in [0.15, 0.2) is 18.2 Å². The van der Waals surface area contributed by atoms with Crippen molar-refractivity contribution in [3.8, 4) is 11.5 Å².